The van der Waals surface area contributed by atoms with Crippen molar-refractivity contribution in [2.24, 2.45) is 0 Å². The van der Waals surface area contributed by atoms with Crippen molar-refractivity contribution in [3.63, 3.8) is 0 Å². The van der Waals surface area contributed by atoms with E-state index in [0.717, 1.165) is 18.4 Å². The zero-order valence-electron chi connectivity index (χ0n) is 16.0. The standard InChI is InChI=1S/C20H34ClNO2S/c1-4-5-6-7-8-9-10-11-12-13-14-22-25(23,24)20-16-17(2)19(21)15-18(20)3/h15-16,22H,4-14H2,1-3H3. The molecule has 0 aliphatic rings. The van der Waals surface area contributed by atoms with E-state index in [1.54, 1.807) is 19.1 Å². The molecule has 1 aromatic carbocycles. The van der Waals surface area contributed by atoms with E-state index in [1.165, 1.54) is 51.4 Å². The van der Waals surface area contributed by atoms with Crippen LogP contribution in [-0.2, 0) is 10.0 Å². The maximum absolute atomic E-state index is 12.4. The highest BCUT2D eigenvalue weighted by Crippen LogP contribution is 2.23. The first-order valence-electron chi connectivity index (χ1n) is 9.65. The predicted molar refractivity (Wildman–Crippen MR) is 108 cm³/mol. The Balaban J connectivity index is 2.22. The summed E-state index contributed by atoms with van der Waals surface area (Å²) in [5.41, 5.74) is 1.47. The van der Waals surface area contributed by atoms with Gasteiger partial charge in [0.25, 0.3) is 0 Å². The molecule has 0 radical (unpaired) electrons. The Morgan fingerprint density at radius 1 is 0.840 bits per heavy atom. The molecule has 0 amide bonds. The van der Waals surface area contributed by atoms with Gasteiger partial charge >= 0.3 is 0 Å². The maximum atomic E-state index is 12.4. The third kappa shape index (κ3) is 8.57. The van der Waals surface area contributed by atoms with Crippen molar-refractivity contribution in [2.75, 3.05) is 6.54 Å². The number of hydrogen-bond donors (Lipinski definition) is 1. The van der Waals surface area contributed by atoms with E-state index in [1.807, 2.05) is 6.92 Å². The Morgan fingerprint density at radius 3 is 1.92 bits per heavy atom. The minimum atomic E-state index is -3.45. The summed E-state index contributed by atoms with van der Waals surface area (Å²) in [5.74, 6) is 0. The highest BCUT2D eigenvalue weighted by molar-refractivity contribution is 7.89. The lowest BCUT2D eigenvalue weighted by molar-refractivity contribution is 0.548. The normalized spacial score (nSPS) is 11.8. The molecule has 0 aliphatic heterocycles. The molecule has 0 unspecified atom stereocenters. The number of halogens is 1. The van der Waals surface area contributed by atoms with Crippen LogP contribution in [0.15, 0.2) is 17.0 Å². The summed E-state index contributed by atoms with van der Waals surface area (Å²) < 4.78 is 27.6. The molecule has 0 saturated carbocycles. The second kappa shape index (κ2) is 11.9. The van der Waals surface area contributed by atoms with Gasteiger partial charge < -0.3 is 0 Å². The van der Waals surface area contributed by atoms with Crippen molar-refractivity contribution in [2.45, 2.75) is 89.9 Å². The smallest absolute Gasteiger partial charge is 0.211 e. The zero-order chi connectivity index (χ0) is 18.7. The Hall–Kier alpha value is -0.580. The molecule has 0 bridgehead atoms. The number of sulfonamides is 1. The lowest BCUT2D eigenvalue weighted by Gasteiger charge is -2.11. The summed E-state index contributed by atoms with van der Waals surface area (Å²) in [4.78, 5) is 0.335. The van der Waals surface area contributed by atoms with Crippen LogP contribution in [0.4, 0.5) is 0 Å². The summed E-state index contributed by atoms with van der Waals surface area (Å²) in [6, 6.07) is 3.37. The molecule has 0 aromatic heterocycles. The summed E-state index contributed by atoms with van der Waals surface area (Å²) >= 11 is 6.04. The molecule has 0 heterocycles. The Morgan fingerprint density at radius 2 is 1.36 bits per heavy atom. The number of nitrogens with one attached hydrogen (secondary N) is 1. The van der Waals surface area contributed by atoms with Gasteiger partial charge in [-0.15, -0.1) is 0 Å². The summed E-state index contributed by atoms with van der Waals surface area (Å²) in [6.07, 6.45) is 12.4. The fourth-order valence-corrected chi connectivity index (χ4v) is 4.54. The molecule has 25 heavy (non-hydrogen) atoms. The molecule has 1 aromatic rings. The fourth-order valence-electron chi connectivity index (χ4n) is 2.94. The molecule has 0 aliphatic carbocycles. The molecular formula is C20H34ClNO2S. The Labute approximate surface area is 159 Å². The largest absolute Gasteiger partial charge is 0.240 e. The molecule has 0 spiro atoms. The Bertz CT molecular complexity index is 614. The lowest BCUT2D eigenvalue weighted by Crippen LogP contribution is -2.25. The number of aryl methyl sites for hydroxylation is 2. The van der Waals surface area contributed by atoms with E-state index in [9.17, 15) is 8.42 Å². The van der Waals surface area contributed by atoms with Crippen molar-refractivity contribution in [3.8, 4) is 0 Å². The van der Waals surface area contributed by atoms with Crippen LogP contribution < -0.4 is 4.72 Å². The van der Waals surface area contributed by atoms with Gasteiger partial charge in [0.15, 0.2) is 0 Å². The van der Waals surface area contributed by atoms with Crippen LogP contribution in [0.1, 0.15) is 82.3 Å². The number of unbranched alkanes of at least 4 members (excludes halogenated alkanes) is 9. The second-order valence-corrected chi connectivity index (χ2v) is 9.09. The first-order valence-corrected chi connectivity index (χ1v) is 11.5. The van der Waals surface area contributed by atoms with Gasteiger partial charge in [-0.05, 0) is 43.5 Å². The topological polar surface area (TPSA) is 46.2 Å². The van der Waals surface area contributed by atoms with Gasteiger partial charge in [-0.3, -0.25) is 0 Å². The van der Waals surface area contributed by atoms with Gasteiger partial charge in [0, 0.05) is 11.6 Å². The second-order valence-electron chi connectivity index (χ2n) is 6.95. The highest BCUT2D eigenvalue weighted by atomic mass is 35.5. The van der Waals surface area contributed by atoms with Crippen LogP contribution in [0.3, 0.4) is 0 Å². The molecule has 5 heteroatoms. The average molecular weight is 388 g/mol. The third-order valence-corrected chi connectivity index (χ3v) is 6.58. The molecular weight excluding hydrogens is 354 g/mol. The summed E-state index contributed by atoms with van der Waals surface area (Å²) in [6.45, 7) is 6.34. The van der Waals surface area contributed by atoms with Crippen LogP contribution in [0, 0.1) is 13.8 Å². The number of hydrogen-bond acceptors (Lipinski definition) is 2. The van der Waals surface area contributed by atoms with Gasteiger partial charge in [-0.2, -0.15) is 0 Å². The molecule has 0 fully saturated rings. The van der Waals surface area contributed by atoms with Gasteiger partial charge in [0.1, 0.15) is 0 Å². The van der Waals surface area contributed by atoms with Gasteiger partial charge in [0.05, 0.1) is 4.90 Å². The van der Waals surface area contributed by atoms with Crippen LogP contribution in [-0.4, -0.2) is 15.0 Å². The molecule has 3 nitrogen and oxygen atoms in total. The average Bonchev–Trinajstić information content (AvgIpc) is 2.55. The minimum Gasteiger partial charge on any atom is -0.211 e. The van der Waals surface area contributed by atoms with E-state index < -0.39 is 10.0 Å². The molecule has 144 valence electrons. The SMILES string of the molecule is CCCCCCCCCCCCNS(=O)(=O)c1cc(C)c(Cl)cc1C. The van der Waals surface area contributed by atoms with Crippen molar-refractivity contribution in [3.05, 3.63) is 28.3 Å². The number of benzene rings is 1. The Kier molecular flexibility index (Phi) is 10.7. The monoisotopic (exact) mass is 387 g/mol. The third-order valence-electron chi connectivity index (χ3n) is 4.57. The van der Waals surface area contributed by atoms with E-state index in [-0.39, 0.29) is 0 Å². The van der Waals surface area contributed by atoms with E-state index >= 15 is 0 Å². The first-order chi connectivity index (χ1) is 11.9. The van der Waals surface area contributed by atoms with Gasteiger partial charge in [-0.1, -0.05) is 76.3 Å². The number of rotatable bonds is 13. The molecule has 1 N–H and O–H groups in total. The molecule has 1 rings (SSSR count). The van der Waals surface area contributed by atoms with Crippen LogP contribution in [0.25, 0.3) is 0 Å². The van der Waals surface area contributed by atoms with Crippen LogP contribution in [0.2, 0.25) is 5.02 Å². The van der Waals surface area contributed by atoms with Crippen molar-refractivity contribution in [1.82, 2.24) is 4.72 Å². The van der Waals surface area contributed by atoms with Gasteiger partial charge in [0.2, 0.25) is 10.0 Å². The predicted octanol–water partition coefficient (Wildman–Crippen LogP) is 6.16. The minimum absolute atomic E-state index is 0.335. The lowest BCUT2D eigenvalue weighted by atomic mass is 10.1. The van der Waals surface area contributed by atoms with Gasteiger partial charge in [-0.25, -0.2) is 13.1 Å². The quantitative estimate of drug-likeness (QED) is 0.412. The van der Waals surface area contributed by atoms with E-state index in [4.69, 9.17) is 11.6 Å². The fraction of sp³-hybridized carbons (Fsp3) is 0.700. The van der Waals surface area contributed by atoms with Crippen molar-refractivity contribution >= 4 is 21.6 Å². The first kappa shape index (κ1) is 22.5. The van der Waals surface area contributed by atoms with E-state index in [2.05, 4.69) is 11.6 Å². The molecule has 0 saturated heterocycles. The summed E-state index contributed by atoms with van der Waals surface area (Å²) in [7, 11) is -3.45. The maximum Gasteiger partial charge on any atom is 0.240 e. The van der Waals surface area contributed by atoms with Crippen LogP contribution in [0.5, 0.6) is 0 Å². The van der Waals surface area contributed by atoms with Crippen molar-refractivity contribution in [1.29, 1.82) is 0 Å². The van der Waals surface area contributed by atoms with E-state index in [0.29, 0.717) is 22.0 Å². The summed E-state index contributed by atoms with van der Waals surface area (Å²) in [5, 5.41) is 0.603. The van der Waals surface area contributed by atoms with Crippen LogP contribution >= 0.6 is 11.6 Å². The van der Waals surface area contributed by atoms with Crippen molar-refractivity contribution < 1.29 is 8.42 Å². The zero-order valence-corrected chi connectivity index (χ0v) is 17.6. The molecule has 0 atom stereocenters. The highest BCUT2D eigenvalue weighted by Gasteiger charge is 2.17.